The van der Waals surface area contributed by atoms with Crippen LogP contribution in [0.1, 0.15) is 22.5 Å². The van der Waals surface area contributed by atoms with Gasteiger partial charge in [-0.3, -0.25) is 13.8 Å². The van der Waals surface area contributed by atoms with Gasteiger partial charge in [0, 0.05) is 28.5 Å². The van der Waals surface area contributed by atoms with Crippen molar-refractivity contribution >= 4 is 39.7 Å². The van der Waals surface area contributed by atoms with Gasteiger partial charge in [-0.25, -0.2) is 4.98 Å². The normalized spacial score (nSPS) is 11.4. The fourth-order valence-corrected chi connectivity index (χ4v) is 5.62. The van der Waals surface area contributed by atoms with Crippen LogP contribution < -0.4 is 5.56 Å². The van der Waals surface area contributed by atoms with Gasteiger partial charge in [0.15, 0.2) is 15.9 Å². The van der Waals surface area contributed by atoms with Gasteiger partial charge in [0.25, 0.3) is 5.56 Å². The fourth-order valence-electron chi connectivity index (χ4n) is 3.67. The summed E-state index contributed by atoms with van der Waals surface area (Å²) < 4.78 is 3.67. The second-order valence-electron chi connectivity index (χ2n) is 7.78. The van der Waals surface area contributed by atoms with E-state index in [-0.39, 0.29) is 5.56 Å². The minimum atomic E-state index is -0.0675. The van der Waals surface area contributed by atoms with Crippen LogP contribution in [0.5, 0.6) is 0 Å². The van der Waals surface area contributed by atoms with E-state index in [1.807, 2.05) is 41.1 Å². The third-order valence-electron chi connectivity index (χ3n) is 5.33. The first-order chi connectivity index (χ1) is 15.9. The average Bonchev–Trinajstić information content (AvgIpc) is 3.38. The topological polar surface area (TPSA) is 65.1 Å². The molecule has 5 aromatic rings. The standard InChI is InChI=1S/C24H20ClN5OS2/c1-14-8-9-15(2)20(10-14)30-22(18-6-4-5-7-19(18)25)27-28-24(30)33-13-17-11-21(31)29-16(3)12-32-23(29)26-17/h4-12H,13H2,1-3H3. The molecule has 0 saturated heterocycles. The Hall–Kier alpha value is -2.94. The molecule has 3 aromatic heterocycles. The molecule has 33 heavy (non-hydrogen) atoms. The lowest BCUT2D eigenvalue weighted by molar-refractivity contribution is 0.878. The van der Waals surface area contributed by atoms with Gasteiger partial charge in [0.1, 0.15) is 0 Å². The smallest absolute Gasteiger partial charge is 0.258 e. The van der Waals surface area contributed by atoms with E-state index in [9.17, 15) is 4.79 Å². The van der Waals surface area contributed by atoms with Crippen LogP contribution in [0, 0.1) is 20.8 Å². The van der Waals surface area contributed by atoms with E-state index in [2.05, 4.69) is 47.2 Å². The van der Waals surface area contributed by atoms with Gasteiger partial charge in [-0.2, -0.15) is 0 Å². The predicted octanol–water partition coefficient (Wildman–Crippen LogP) is 5.87. The minimum Gasteiger partial charge on any atom is -0.270 e. The molecule has 0 saturated carbocycles. The summed E-state index contributed by atoms with van der Waals surface area (Å²) in [5.41, 5.74) is 5.58. The Balaban J connectivity index is 1.59. The van der Waals surface area contributed by atoms with Crippen LogP contribution in [0.2, 0.25) is 5.02 Å². The number of nitrogens with zero attached hydrogens (tertiary/aromatic N) is 5. The van der Waals surface area contributed by atoms with Crippen molar-refractivity contribution in [2.45, 2.75) is 31.7 Å². The number of aryl methyl sites for hydroxylation is 3. The van der Waals surface area contributed by atoms with E-state index >= 15 is 0 Å². The van der Waals surface area contributed by atoms with Crippen molar-refractivity contribution in [3.05, 3.63) is 91.8 Å². The van der Waals surface area contributed by atoms with Crippen molar-refractivity contribution in [1.82, 2.24) is 24.1 Å². The van der Waals surface area contributed by atoms with Crippen molar-refractivity contribution in [3.63, 3.8) is 0 Å². The van der Waals surface area contributed by atoms with Crippen LogP contribution in [0.3, 0.4) is 0 Å². The molecule has 0 amide bonds. The number of thioether (sulfide) groups is 1. The fraction of sp³-hybridized carbons (Fsp3) is 0.167. The summed E-state index contributed by atoms with van der Waals surface area (Å²) >= 11 is 9.47. The summed E-state index contributed by atoms with van der Waals surface area (Å²) in [6.07, 6.45) is 0. The highest BCUT2D eigenvalue weighted by molar-refractivity contribution is 7.98. The Morgan fingerprint density at radius 1 is 1.06 bits per heavy atom. The van der Waals surface area contributed by atoms with Gasteiger partial charge in [-0.15, -0.1) is 21.5 Å². The average molecular weight is 494 g/mol. The van der Waals surface area contributed by atoms with Gasteiger partial charge in [0.05, 0.1) is 16.4 Å². The molecule has 0 fully saturated rings. The Morgan fingerprint density at radius 2 is 1.88 bits per heavy atom. The molecule has 0 N–H and O–H groups in total. The van der Waals surface area contributed by atoms with Crippen molar-refractivity contribution in [1.29, 1.82) is 0 Å². The minimum absolute atomic E-state index is 0.0675. The lowest BCUT2D eigenvalue weighted by Crippen LogP contribution is -2.14. The Kier molecular flexibility index (Phi) is 5.82. The van der Waals surface area contributed by atoms with Crippen LogP contribution >= 0.6 is 34.7 Å². The van der Waals surface area contributed by atoms with E-state index in [4.69, 9.17) is 11.6 Å². The molecular formula is C24H20ClN5OS2. The van der Waals surface area contributed by atoms with Crippen molar-refractivity contribution in [2.75, 3.05) is 0 Å². The first-order valence-electron chi connectivity index (χ1n) is 10.3. The molecule has 0 atom stereocenters. The first-order valence-corrected chi connectivity index (χ1v) is 12.5. The zero-order valence-electron chi connectivity index (χ0n) is 18.2. The third-order valence-corrected chi connectivity index (χ3v) is 7.57. The van der Waals surface area contributed by atoms with Crippen LogP contribution in [0.4, 0.5) is 0 Å². The summed E-state index contributed by atoms with van der Waals surface area (Å²) in [6.45, 7) is 6.03. The third kappa shape index (κ3) is 4.10. The molecule has 6 nitrogen and oxygen atoms in total. The lowest BCUT2D eigenvalue weighted by atomic mass is 10.1. The summed E-state index contributed by atoms with van der Waals surface area (Å²) in [5, 5.41) is 12.3. The zero-order valence-corrected chi connectivity index (χ0v) is 20.6. The predicted molar refractivity (Wildman–Crippen MR) is 135 cm³/mol. The van der Waals surface area contributed by atoms with Gasteiger partial charge in [-0.1, -0.05) is 47.6 Å². The Labute approximate surface area is 203 Å². The number of rotatable bonds is 5. The van der Waals surface area contributed by atoms with E-state index < -0.39 is 0 Å². The summed E-state index contributed by atoms with van der Waals surface area (Å²) in [5.74, 6) is 1.17. The molecule has 0 unspecified atom stereocenters. The van der Waals surface area contributed by atoms with E-state index in [0.717, 1.165) is 28.1 Å². The zero-order chi connectivity index (χ0) is 23.1. The second kappa shape index (κ2) is 8.78. The van der Waals surface area contributed by atoms with Crippen LogP contribution in [-0.2, 0) is 5.75 Å². The molecule has 0 aliphatic carbocycles. The number of halogens is 1. The van der Waals surface area contributed by atoms with Crippen molar-refractivity contribution in [3.8, 4) is 17.1 Å². The van der Waals surface area contributed by atoms with E-state index in [1.165, 1.54) is 23.1 Å². The molecule has 3 heterocycles. The monoisotopic (exact) mass is 493 g/mol. The maximum atomic E-state index is 12.6. The molecule has 0 aliphatic heterocycles. The van der Waals surface area contributed by atoms with E-state index in [0.29, 0.717) is 32.4 Å². The highest BCUT2D eigenvalue weighted by Crippen LogP contribution is 2.34. The molecule has 5 rings (SSSR count). The first kappa shape index (κ1) is 21.9. The molecule has 0 aliphatic rings. The van der Waals surface area contributed by atoms with Gasteiger partial charge in [-0.05, 0) is 50.1 Å². The van der Waals surface area contributed by atoms with Gasteiger partial charge >= 0.3 is 0 Å². The van der Waals surface area contributed by atoms with Crippen molar-refractivity contribution < 1.29 is 0 Å². The molecule has 0 bridgehead atoms. The molecular weight excluding hydrogens is 474 g/mol. The molecule has 2 aromatic carbocycles. The van der Waals surface area contributed by atoms with Gasteiger partial charge in [0.2, 0.25) is 0 Å². The maximum absolute atomic E-state index is 12.6. The molecule has 0 radical (unpaired) electrons. The number of benzene rings is 2. The Bertz CT molecular complexity index is 1550. The van der Waals surface area contributed by atoms with E-state index in [1.54, 1.807) is 10.5 Å². The SMILES string of the molecule is Cc1ccc(C)c(-n2c(SCc3cc(=O)n4c(C)csc4n3)nnc2-c2ccccc2Cl)c1. The second-order valence-corrected chi connectivity index (χ2v) is 9.97. The molecule has 9 heteroatoms. The Morgan fingerprint density at radius 3 is 2.70 bits per heavy atom. The number of hydrogen-bond acceptors (Lipinski definition) is 6. The van der Waals surface area contributed by atoms with Crippen LogP contribution in [0.15, 0.2) is 63.9 Å². The number of aromatic nitrogens is 5. The highest BCUT2D eigenvalue weighted by atomic mass is 35.5. The number of hydrogen-bond donors (Lipinski definition) is 0. The van der Waals surface area contributed by atoms with Crippen molar-refractivity contribution in [2.24, 2.45) is 0 Å². The van der Waals surface area contributed by atoms with Crippen LogP contribution in [-0.4, -0.2) is 24.1 Å². The number of thiazole rings is 1. The molecule has 0 spiro atoms. The largest absolute Gasteiger partial charge is 0.270 e. The summed E-state index contributed by atoms with van der Waals surface area (Å²) in [6, 6.07) is 15.5. The van der Waals surface area contributed by atoms with Crippen LogP contribution in [0.25, 0.3) is 22.0 Å². The molecule has 166 valence electrons. The lowest BCUT2D eigenvalue weighted by Gasteiger charge is -2.14. The summed E-state index contributed by atoms with van der Waals surface area (Å²) in [4.78, 5) is 17.9. The number of fused-ring (bicyclic) bond motifs is 1. The summed E-state index contributed by atoms with van der Waals surface area (Å²) in [7, 11) is 0. The highest BCUT2D eigenvalue weighted by Gasteiger charge is 2.20. The maximum Gasteiger partial charge on any atom is 0.258 e. The van der Waals surface area contributed by atoms with Gasteiger partial charge < -0.3 is 0 Å². The quantitative estimate of drug-likeness (QED) is 0.286.